The summed E-state index contributed by atoms with van der Waals surface area (Å²) >= 11 is 1.10. The Morgan fingerprint density at radius 2 is 2.38 bits per heavy atom. The summed E-state index contributed by atoms with van der Waals surface area (Å²) in [6.07, 6.45) is 5.03. The van der Waals surface area contributed by atoms with Gasteiger partial charge in [0.05, 0.1) is 11.9 Å². The van der Waals surface area contributed by atoms with Crippen LogP contribution in [0.4, 0.5) is 0 Å². The minimum atomic E-state index is -0.175. The quantitative estimate of drug-likeness (QED) is 0.773. The number of aryl methyl sites for hydroxylation is 2. The summed E-state index contributed by atoms with van der Waals surface area (Å²) in [4.78, 5) is 12.6. The van der Waals surface area contributed by atoms with E-state index >= 15 is 0 Å². The molecule has 0 spiro atoms. The van der Waals surface area contributed by atoms with Crippen molar-refractivity contribution in [3.8, 4) is 0 Å². The molecule has 0 aromatic carbocycles. The Bertz CT molecular complexity index is 595. The Kier molecular flexibility index (Phi) is 5.40. The Balaban J connectivity index is 1.89. The molecule has 21 heavy (non-hydrogen) atoms. The lowest BCUT2D eigenvalue weighted by Crippen LogP contribution is -2.31. The van der Waals surface area contributed by atoms with E-state index in [1.165, 1.54) is 0 Å². The van der Waals surface area contributed by atoms with Gasteiger partial charge in [0.25, 0.3) is 5.91 Å². The van der Waals surface area contributed by atoms with Crippen molar-refractivity contribution >= 4 is 17.4 Å². The molecule has 1 amide bonds. The van der Waals surface area contributed by atoms with Gasteiger partial charge in [-0.1, -0.05) is 11.4 Å². The van der Waals surface area contributed by atoms with Gasteiger partial charge in [0, 0.05) is 32.3 Å². The highest BCUT2D eigenvalue weighted by Crippen LogP contribution is 2.12. The van der Waals surface area contributed by atoms with Crippen LogP contribution in [-0.4, -0.2) is 43.5 Å². The van der Waals surface area contributed by atoms with E-state index in [0.717, 1.165) is 17.1 Å². The van der Waals surface area contributed by atoms with Gasteiger partial charge in [-0.2, -0.15) is 5.10 Å². The molecule has 0 unspecified atom stereocenters. The van der Waals surface area contributed by atoms with Gasteiger partial charge >= 0.3 is 0 Å². The van der Waals surface area contributed by atoms with Crippen molar-refractivity contribution in [2.24, 2.45) is 13.0 Å². The second-order valence-corrected chi connectivity index (χ2v) is 5.64. The lowest BCUT2D eigenvalue weighted by molar-refractivity contribution is 0.0943. The predicted molar refractivity (Wildman–Crippen MR) is 79.1 cm³/mol. The first-order chi connectivity index (χ1) is 10.1. The van der Waals surface area contributed by atoms with Gasteiger partial charge in [-0.25, -0.2) is 0 Å². The van der Waals surface area contributed by atoms with E-state index in [2.05, 4.69) is 20.0 Å². The molecule has 0 fully saturated rings. The van der Waals surface area contributed by atoms with Gasteiger partial charge in [-0.3, -0.25) is 9.48 Å². The zero-order valence-electron chi connectivity index (χ0n) is 12.1. The molecule has 8 heteroatoms. The number of hydrogen-bond acceptors (Lipinski definition) is 6. The number of aliphatic hydroxyl groups is 1. The number of nitrogens with one attached hydrogen (secondary N) is 1. The summed E-state index contributed by atoms with van der Waals surface area (Å²) in [5.41, 5.74) is 1.75. The highest BCUT2D eigenvalue weighted by Gasteiger charge is 2.17. The van der Waals surface area contributed by atoms with Crippen LogP contribution in [0.15, 0.2) is 12.4 Å². The first kappa shape index (κ1) is 15.6. The van der Waals surface area contributed by atoms with Crippen LogP contribution in [0.2, 0.25) is 0 Å². The molecular formula is C13H19N5O2S. The topological polar surface area (TPSA) is 92.9 Å². The van der Waals surface area contributed by atoms with E-state index in [1.54, 1.807) is 10.9 Å². The van der Waals surface area contributed by atoms with Crippen LogP contribution in [0.1, 0.15) is 27.9 Å². The molecule has 1 atom stereocenters. The van der Waals surface area contributed by atoms with Crippen molar-refractivity contribution in [2.45, 2.75) is 19.8 Å². The monoisotopic (exact) mass is 309 g/mol. The molecule has 0 saturated carbocycles. The fourth-order valence-corrected chi connectivity index (χ4v) is 2.71. The molecule has 114 valence electrons. The van der Waals surface area contributed by atoms with Gasteiger partial charge in [-0.05, 0) is 29.9 Å². The SMILES string of the molecule is CCc1nnsc1C(=O)NC[C@H](CO)Cc1cnn(C)c1. The highest BCUT2D eigenvalue weighted by molar-refractivity contribution is 7.08. The van der Waals surface area contributed by atoms with E-state index in [0.29, 0.717) is 30.0 Å². The maximum atomic E-state index is 12.1. The molecule has 0 bridgehead atoms. The van der Waals surface area contributed by atoms with Gasteiger partial charge in [0.15, 0.2) is 0 Å². The van der Waals surface area contributed by atoms with E-state index in [4.69, 9.17) is 0 Å². The van der Waals surface area contributed by atoms with Crippen LogP contribution in [-0.2, 0) is 19.9 Å². The average Bonchev–Trinajstić information content (AvgIpc) is 3.11. The number of rotatable bonds is 7. The van der Waals surface area contributed by atoms with Gasteiger partial charge in [0.1, 0.15) is 4.88 Å². The zero-order valence-corrected chi connectivity index (χ0v) is 12.9. The number of carbonyl (C=O) groups excluding carboxylic acids is 1. The highest BCUT2D eigenvalue weighted by atomic mass is 32.1. The fraction of sp³-hybridized carbons (Fsp3) is 0.538. The van der Waals surface area contributed by atoms with Crippen molar-refractivity contribution in [1.29, 1.82) is 0 Å². The minimum absolute atomic E-state index is 0.0107. The molecule has 0 saturated heterocycles. The number of hydrogen-bond donors (Lipinski definition) is 2. The summed E-state index contributed by atoms with van der Waals surface area (Å²) < 4.78 is 5.52. The molecule has 0 aliphatic rings. The average molecular weight is 309 g/mol. The molecule has 2 heterocycles. The fourth-order valence-electron chi connectivity index (χ4n) is 2.04. The van der Waals surface area contributed by atoms with Gasteiger partial charge in [-0.15, -0.1) is 5.10 Å². The summed E-state index contributed by atoms with van der Waals surface area (Å²) in [6.45, 7) is 2.36. The summed E-state index contributed by atoms with van der Waals surface area (Å²) in [5.74, 6) is -0.212. The van der Waals surface area contributed by atoms with Crippen molar-refractivity contribution in [2.75, 3.05) is 13.2 Å². The van der Waals surface area contributed by atoms with Crippen molar-refractivity contribution in [1.82, 2.24) is 24.7 Å². The standard InChI is InChI=1S/C13H19N5O2S/c1-3-11-12(21-17-16-11)13(20)14-5-10(8-19)4-9-6-15-18(2)7-9/h6-7,10,19H,3-5,8H2,1-2H3,(H,14,20)/t10-/m1/s1. The van der Waals surface area contributed by atoms with E-state index in [-0.39, 0.29) is 18.4 Å². The maximum absolute atomic E-state index is 12.1. The largest absolute Gasteiger partial charge is 0.396 e. The molecule has 2 aromatic rings. The van der Waals surface area contributed by atoms with Crippen molar-refractivity contribution in [3.05, 3.63) is 28.5 Å². The Morgan fingerprint density at radius 1 is 1.57 bits per heavy atom. The lowest BCUT2D eigenvalue weighted by Gasteiger charge is -2.13. The van der Waals surface area contributed by atoms with Crippen molar-refractivity contribution < 1.29 is 9.90 Å². The molecule has 0 aliphatic heterocycles. The number of amides is 1. The van der Waals surface area contributed by atoms with E-state index in [9.17, 15) is 9.90 Å². The number of carbonyl (C=O) groups is 1. The van der Waals surface area contributed by atoms with Crippen LogP contribution in [0.25, 0.3) is 0 Å². The molecule has 7 nitrogen and oxygen atoms in total. The Hall–Kier alpha value is -1.80. The van der Waals surface area contributed by atoms with Crippen LogP contribution >= 0.6 is 11.5 Å². The number of aliphatic hydroxyl groups excluding tert-OH is 1. The molecule has 2 rings (SSSR count). The second kappa shape index (κ2) is 7.28. The van der Waals surface area contributed by atoms with Crippen LogP contribution in [0, 0.1) is 5.92 Å². The van der Waals surface area contributed by atoms with Crippen LogP contribution < -0.4 is 5.32 Å². The third-order valence-corrected chi connectivity index (χ3v) is 3.96. The zero-order chi connectivity index (χ0) is 15.2. The normalized spacial score (nSPS) is 12.3. The van der Waals surface area contributed by atoms with Gasteiger partial charge in [0.2, 0.25) is 0 Å². The Morgan fingerprint density at radius 3 is 3.00 bits per heavy atom. The maximum Gasteiger partial charge on any atom is 0.264 e. The van der Waals surface area contributed by atoms with Crippen LogP contribution in [0.5, 0.6) is 0 Å². The Labute approximate surface area is 127 Å². The summed E-state index contributed by atoms with van der Waals surface area (Å²) in [7, 11) is 1.85. The first-order valence-corrected chi connectivity index (χ1v) is 7.59. The van der Waals surface area contributed by atoms with Crippen LogP contribution in [0.3, 0.4) is 0 Å². The number of aromatic nitrogens is 4. The first-order valence-electron chi connectivity index (χ1n) is 6.81. The van der Waals surface area contributed by atoms with E-state index in [1.807, 2.05) is 20.2 Å². The smallest absolute Gasteiger partial charge is 0.264 e. The molecule has 0 radical (unpaired) electrons. The third kappa shape index (κ3) is 4.08. The molecule has 0 aliphatic carbocycles. The van der Waals surface area contributed by atoms with Gasteiger partial charge < -0.3 is 10.4 Å². The summed E-state index contributed by atoms with van der Waals surface area (Å²) in [6, 6.07) is 0. The molecule has 2 N–H and O–H groups in total. The molecule has 2 aromatic heterocycles. The number of nitrogens with zero attached hydrogens (tertiary/aromatic N) is 4. The third-order valence-electron chi connectivity index (χ3n) is 3.19. The van der Waals surface area contributed by atoms with Crippen molar-refractivity contribution in [3.63, 3.8) is 0 Å². The predicted octanol–water partition coefficient (Wildman–Crippen LogP) is 0.415. The second-order valence-electron chi connectivity index (χ2n) is 4.89. The summed E-state index contributed by atoms with van der Waals surface area (Å²) in [5, 5.41) is 20.3. The molecular weight excluding hydrogens is 290 g/mol. The van der Waals surface area contributed by atoms with E-state index < -0.39 is 0 Å². The lowest BCUT2D eigenvalue weighted by atomic mass is 10.0. The minimum Gasteiger partial charge on any atom is -0.396 e.